The number of carbonyl (C=O) groups excluding carboxylic acids is 6. The van der Waals surface area contributed by atoms with Crippen LogP contribution in [0.4, 0.5) is 0 Å². The molecule has 6 saturated heterocycles. The molecule has 37 heteroatoms. The molecule has 2 aromatic rings. The number of terminal acetylenes is 1. The fourth-order valence-electron chi connectivity index (χ4n) is 16.4. The van der Waals surface area contributed by atoms with E-state index in [9.17, 15) is 28.8 Å². The van der Waals surface area contributed by atoms with E-state index in [4.69, 9.17) is 134 Å². The fourth-order valence-corrected chi connectivity index (χ4v) is 16.4. The summed E-state index contributed by atoms with van der Waals surface area (Å²) < 4.78 is 164. The lowest BCUT2D eigenvalue weighted by atomic mass is 9.94. The van der Waals surface area contributed by atoms with Gasteiger partial charge in [-0.2, -0.15) is 0 Å². The van der Waals surface area contributed by atoms with Crippen LogP contribution in [0.1, 0.15) is 70.4 Å². The first kappa shape index (κ1) is 96.4. The number of benzene rings is 2. The summed E-state index contributed by atoms with van der Waals surface area (Å²) in [5, 5.41) is 11.4. The number of rotatable bonds is 40. The molecule has 7 aliphatic rings. The molecule has 6 fully saturated rings. The number of carbonyl (C=O) groups is 6. The maximum absolute atomic E-state index is 13.4. The summed E-state index contributed by atoms with van der Waals surface area (Å²) in [5.74, 6) is -0.530. The number of ether oxygens (including phenoxy) is 27. The molecule has 6 aliphatic heterocycles. The number of Topliss-reactive ketones (excluding diaryl/α,β-unsaturated/α-hetero) is 1. The molecule has 4 amide bonds. The van der Waals surface area contributed by atoms with Gasteiger partial charge in [-0.15, -0.1) is 6.42 Å². The van der Waals surface area contributed by atoms with E-state index in [-0.39, 0.29) is 76.4 Å². The molecule has 0 spiro atoms. The zero-order valence-corrected chi connectivity index (χ0v) is 70.4. The summed E-state index contributed by atoms with van der Waals surface area (Å²) in [6.07, 6.45) is -19.1. The minimum Gasteiger partial charge on any atom is -0.465 e. The Hall–Kier alpha value is -6.02. The molecule has 0 bridgehead atoms. The molecular weight excluding hydrogens is 1540 g/mol. The predicted molar refractivity (Wildman–Crippen MR) is 408 cm³/mol. The minimum atomic E-state index is -1.11. The Kier molecular flexibility index (Phi) is 39.1. The van der Waals surface area contributed by atoms with Gasteiger partial charge in [-0.25, -0.2) is 0 Å². The van der Waals surface area contributed by atoms with E-state index in [1.165, 1.54) is 128 Å². The van der Waals surface area contributed by atoms with Gasteiger partial charge >= 0.3 is 5.97 Å². The molecule has 30 atom stereocenters. The van der Waals surface area contributed by atoms with Crippen LogP contribution in [0.25, 0.3) is 11.1 Å². The third-order valence-corrected chi connectivity index (χ3v) is 21.8. The maximum Gasteiger partial charge on any atom is 0.306 e. The Morgan fingerprint density at radius 1 is 0.350 bits per heavy atom. The van der Waals surface area contributed by atoms with Crippen LogP contribution >= 0.6 is 0 Å². The van der Waals surface area contributed by atoms with Gasteiger partial charge in [0, 0.05) is 153 Å². The number of methoxy groups -OCH3 is 16. The Balaban J connectivity index is 0.000000300. The monoisotopic (exact) mass is 1670 g/mol. The molecule has 1 aliphatic carbocycles. The topological polar surface area (TPSA) is 400 Å². The average molecular weight is 1670 g/mol. The summed E-state index contributed by atoms with van der Waals surface area (Å²) in [5.41, 5.74) is 4.44. The van der Waals surface area contributed by atoms with Gasteiger partial charge in [0.25, 0.3) is 0 Å². The van der Waals surface area contributed by atoms with Gasteiger partial charge in [0.2, 0.25) is 29.4 Å². The SMILES string of the molecule is C#CC(=O)CCC(=O)NC1OC(COC)[C@H](O[C@@H]2OC(COC)[C@H](O[C@@H]3OC(C)[C@@H](NC(C)=O)[C@@H](OC)C3OC)[C@@H](OC)C2OC)[C@@H](OC)C1OC.COCC1OC(NC(=O)CCC(=O)OCC2c3ccccc3-c3ccccc32)C(OC)[C@H](OC)[C@H]1O[C@@H]1OC(COC)[C@H](O[C@@H]2OC(C)[C@@H](NC(C)=O)[C@@H](OC)C2OC)[C@@H](OC)C1OC. The van der Waals surface area contributed by atoms with E-state index < -0.39 is 208 Å². The second-order valence-corrected chi connectivity index (χ2v) is 28.9. The van der Waals surface area contributed by atoms with Crippen molar-refractivity contribution in [2.24, 2.45) is 0 Å². The normalized spacial score (nSPS) is 35.4. The second-order valence-electron chi connectivity index (χ2n) is 28.9. The van der Waals surface area contributed by atoms with Crippen molar-refractivity contribution in [2.75, 3.05) is 147 Å². The van der Waals surface area contributed by atoms with Crippen molar-refractivity contribution in [3.63, 3.8) is 0 Å². The first-order chi connectivity index (χ1) is 56.4. The van der Waals surface area contributed by atoms with Crippen molar-refractivity contribution < 1.29 is 157 Å². The van der Waals surface area contributed by atoms with Gasteiger partial charge in [-0.05, 0) is 42.0 Å². The second kappa shape index (κ2) is 47.4. The Bertz CT molecular complexity index is 3410. The van der Waals surface area contributed by atoms with Gasteiger partial charge in [-0.1, -0.05) is 48.5 Å². The highest BCUT2D eigenvalue weighted by Gasteiger charge is 2.59. The van der Waals surface area contributed by atoms with Crippen molar-refractivity contribution in [3.05, 3.63) is 59.7 Å². The van der Waals surface area contributed by atoms with Crippen molar-refractivity contribution in [3.8, 4) is 23.5 Å². The third-order valence-electron chi connectivity index (χ3n) is 21.8. The lowest BCUT2D eigenvalue weighted by Gasteiger charge is -2.51. The zero-order valence-electron chi connectivity index (χ0n) is 70.4. The molecule has 6 heterocycles. The lowest BCUT2D eigenvalue weighted by Crippen LogP contribution is -2.69. The molecule has 117 heavy (non-hydrogen) atoms. The van der Waals surface area contributed by atoms with E-state index in [0.29, 0.717) is 0 Å². The summed E-state index contributed by atoms with van der Waals surface area (Å²) in [7, 11) is 23.9. The van der Waals surface area contributed by atoms with Gasteiger partial charge in [0.1, 0.15) is 129 Å². The minimum absolute atomic E-state index is 0.0220. The van der Waals surface area contributed by atoms with Gasteiger partial charge < -0.3 is 149 Å². The van der Waals surface area contributed by atoms with E-state index in [1.54, 1.807) is 13.8 Å². The predicted octanol–water partition coefficient (Wildman–Crippen LogP) is 1.03. The Labute approximate surface area is 684 Å². The number of hydrogen-bond acceptors (Lipinski definition) is 33. The van der Waals surface area contributed by atoms with Crippen LogP contribution in [-0.2, 0) is 157 Å². The number of fused-ring (bicyclic) bond motifs is 3. The molecule has 0 saturated carbocycles. The molecule has 0 aromatic heterocycles. The molecule has 4 N–H and O–H groups in total. The number of nitrogens with one attached hydrogen (secondary N) is 4. The van der Waals surface area contributed by atoms with Crippen LogP contribution < -0.4 is 21.3 Å². The molecule has 9 rings (SSSR count). The molecule has 2 aromatic carbocycles. The van der Waals surface area contributed by atoms with Crippen LogP contribution in [-0.4, -0.2) is 366 Å². The van der Waals surface area contributed by atoms with Crippen molar-refractivity contribution in [1.82, 2.24) is 21.3 Å². The maximum atomic E-state index is 13.4. The number of hydrogen-bond donors (Lipinski definition) is 4. The van der Waals surface area contributed by atoms with Gasteiger partial charge in [0.05, 0.1) is 57.1 Å². The highest BCUT2D eigenvalue weighted by atomic mass is 16.8. The summed E-state index contributed by atoms with van der Waals surface area (Å²) in [4.78, 5) is 74.8. The highest BCUT2D eigenvalue weighted by molar-refractivity contribution is 5.97. The van der Waals surface area contributed by atoms with Crippen LogP contribution in [0.2, 0.25) is 0 Å². The Morgan fingerprint density at radius 2 is 0.650 bits per heavy atom. The lowest BCUT2D eigenvalue weighted by molar-refractivity contribution is -0.374. The third kappa shape index (κ3) is 23.6. The molecule has 0 radical (unpaired) electrons. The van der Waals surface area contributed by atoms with Crippen molar-refractivity contribution in [2.45, 2.75) is 243 Å². The Morgan fingerprint density at radius 3 is 0.966 bits per heavy atom. The first-order valence-electron chi connectivity index (χ1n) is 38.7. The number of amides is 4. The highest BCUT2D eigenvalue weighted by Crippen LogP contribution is 2.45. The van der Waals surface area contributed by atoms with Crippen molar-refractivity contribution in [1.29, 1.82) is 0 Å². The van der Waals surface area contributed by atoms with E-state index >= 15 is 0 Å². The quantitative estimate of drug-likeness (QED) is 0.0411. The average Bonchev–Trinajstić information content (AvgIpc) is 1.46. The van der Waals surface area contributed by atoms with Crippen LogP contribution in [0, 0.1) is 12.3 Å². The van der Waals surface area contributed by atoms with E-state index in [1.807, 2.05) is 42.3 Å². The summed E-state index contributed by atoms with van der Waals surface area (Å²) >= 11 is 0. The van der Waals surface area contributed by atoms with Crippen LogP contribution in [0.15, 0.2) is 48.5 Å². The first-order valence-corrected chi connectivity index (χ1v) is 38.7. The number of ketones is 1. The smallest absolute Gasteiger partial charge is 0.306 e. The summed E-state index contributed by atoms with van der Waals surface area (Å²) in [6, 6.07) is 15.1. The van der Waals surface area contributed by atoms with E-state index in [0.717, 1.165) is 22.3 Å². The molecule has 37 nitrogen and oxygen atoms in total. The standard InChI is InChI=1S/C46H66N2O17.C34H56N2O16/c1-24-35(47-25(2)49)38(54-5)42(58-9)45(61-24)64-37-32(23-53-4)63-46(43(59-10)40(37)56-7)65-36-31(22-52-3)62-44(41(57-8)39(36)55-6)48-33(50)19-20-34(51)60-21-30-28-17-13-11-15-26(28)27-16-12-14-18-29(27)30;1-12-19(38)13-14-22(39)36-32-29(45-9)27(43-7)24(20(49-32)15-40-4)52-34-31(47-11)28(44-8)25(21(50-34)16-41-5)51-33-30(46-10)26(42-6)23(17(2)48-33)35-18(3)37/h11-18,24,30-32,35-46H,19-23H2,1-10H3,(H,47,49)(H,48,50);1,17,20-21,23-34H,13-16H2,2-11H3,(H,35,37)(H,36,39)/t24?,31?,32?,35-,36+,37+,38-,39-,40-,41?,42?,43?,44?,45+,46+;17?,20?,21?,23-,24+,25+,26-,27-,28-,29?,30?,31?,32?,33+,34+/m11/s1. The molecule has 14 unspecified atom stereocenters. The van der Waals surface area contributed by atoms with Gasteiger partial charge in [-0.3, -0.25) is 28.8 Å². The molecular formula is C80H122N4O33. The largest absolute Gasteiger partial charge is 0.465 e. The summed E-state index contributed by atoms with van der Waals surface area (Å²) in [6.45, 7) is 6.74. The van der Waals surface area contributed by atoms with Crippen LogP contribution in [0.3, 0.4) is 0 Å². The zero-order chi connectivity index (χ0) is 85.3. The van der Waals surface area contributed by atoms with E-state index in [2.05, 4.69) is 33.4 Å². The fraction of sp³-hybridized carbons (Fsp3) is 0.750. The van der Waals surface area contributed by atoms with Crippen LogP contribution in [0.5, 0.6) is 0 Å². The molecule has 660 valence electrons. The van der Waals surface area contributed by atoms with Crippen molar-refractivity contribution >= 4 is 35.4 Å². The van der Waals surface area contributed by atoms with Gasteiger partial charge in [0.15, 0.2) is 37.6 Å². The number of esters is 1.